The highest BCUT2D eigenvalue weighted by Crippen LogP contribution is 2.35. The largest absolute Gasteiger partial charge is 0.378 e. The fourth-order valence-electron chi connectivity index (χ4n) is 3.85. The lowest BCUT2D eigenvalue weighted by molar-refractivity contribution is -0.130. The van der Waals surface area contributed by atoms with Crippen LogP contribution in [-0.4, -0.2) is 72.8 Å². The Kier molecular flexibility index (Phi) is 7.95. The van der Waals surface area contributed by atoms with E-state index in [2.05, 4.69) is 10.3 Å². The third-order valence-electron chi connectivity index (χ3n) is 6.02. The van der Waals surface area contributed by atoms with Crippen LogP contribution < -0.4 is 10.2 Å². The van der Waals surface area contributed by atoms with Crippen molar-refractivity contribution in [1.29, 1.82) is 0 Å². The van der Waals surface area contributed by atoms with Gasteiger partial charge in [0.15, 0.2) is 5.13 Å². The number of amides is 3. The van der Waals surface area contributed by atoms with Crippen LogP contribution >= 0.6 is 23.1 Å². The number of rotatable bonds is 6. The molecule has 0 atom stereocenters. The number of aryl methyl sites for hydroxylation is 1. The van der Waals surface area contributed by atoms with Gasteiger partial charge in [0.2, 0.25) is 5.91 Å². The van der Waals surface area contributed by atoms with E-state index in [0.717, 1.165) is 20.4 Å². The van der Waals surface area contributed by atoms with Gasteiger partial charge in [-0.15, -0.1) is 0 Å². The highest BCUT2D eigenvalue weighted by atomic mass is 32.2. The second kappa shape index (κ2) is 11.1. The van der Waals surface area contributed by atoms with Gasteiger partial charge >= 0.3 is 0 Å². The summed E-state index contributed by atoms with van der Waals surface area (Å²) in [5.74, 6) is -0.186. The summed E-state index contributed by atoms with van der Waals surface area (Å²) < 4.78 is 0.908. The molecule has 1 fully saturated rings. The minimum Gasteiger partial charge on any atom is -0.378 e. The molecule has 36 heavy (non-hydrogen) atoms. The summed E-state index contributed by atoms with van der Waals surface area (Å²) in [6.07, 6.45) is 1.72. The molecule has 0 bridgehead atoms. The predicted molar refractivity (Wildman–Crippen MR) is 144 cm³/mol. The van der Waals surface area contributed by atoms with Gasteiger partial charge in [-0.25, -0.2) is 4.98 Å². The van der Waals surface area contributed by atoms with Crippen molar-refractivity contribution in [3.63, 3.8) is 0 Å². The molecule has 1 saturated heterocycles. The van der Waals surface area contributed by atoms with E-state index in [4.69, 9.17) is 0 Å². The van der Waals surface area contributed by atoms with E-state index < -0.39 is 0 Å². The van der Waals surface area contributed by atoms with Gasteiger partial charge in [0.25, 0.3) is 11.8 Å². The van der Waals surface area contributed by atoms with Gasteiger partial charge in [-0.2, -0.15) is 0 Å². The third kappa shape index (κ3) is 6.06. The van der Waals surface area contributed by atoms with Crippen LogP contribution in [-0.2, 0) is 4.79 Å². The Labute approximate surface area is 219 Å². The molecule has 0 spiro atoms. The van der Waals surface area contributed by atoms with E-state index in [0.29, 0.717) is 42.4 Å². The van der Waals surface area contributed by atoms with Crippen LogP contribution in [0, 0.1) is 6.92 Å². The highest BCUT2D eigenvalue weighted by Gasteiger charge is 2.24. The van der Waals surface area contributed by atoms with Gasteiger partial charge in [0.1, 0.15) is 0 Å². The zero-order chi connectivity index (χ0) is 25.8. The molecule has 1 aliphatic rings. The van der Waals surface area contributed by atoms with Crippen LogP contribution in [0.25, 0.3) is 0 Å². The maximum Gasteiger partial charge on any atom is 0.257 e. The van der Waals surface area contributed by atoms with Crippen LogP contribution in [0.15, 0.2) is 57.8 Å². The fraction of sp³-hybridized carbons (Fsp3) is 0.308. The average Bonchev–Trinajstić information content (AvgIpc) is 3.31. The van der Waals surface area contributed by atoms with Crippen molar-refractivity contribution < 1.29 is 14.4 Å². The number of aromatic nitrogens is 1. The molecule has 3 amide bonds. The smallest absolute Gasteiger partial charge is 0.257 e. The summed E-state index contributed by atoms with van der Waals surface area (Å²) in [7, 11) is 3.90. The molecule has 8 nitrogen and oxygen atoms in total. The first-order valence-corrected chi connectivity index (χ1v) is 13.2. The molecule has 1 aromatic heterocycles. The maximum absolute atomic E-state index is 13.2. The molecule has 1 N–H and O–H groups in total. The van der Waals surface area contributed by atoms with Crippen LogP contribution in [0.4, 0.5) is 10.8 Å². The Morgan fingerprint density at radius 3 is 2.31 bits per heavy atom. The average molecular weight is 524 g/mol. The topological polar surface area (TPSA) is 85.9 Å². The van der Waals surface area contributed by atoms with Crippen molar-refractivity contribution in [2.45, 2.75) is 23.0 Å². The number of thiazole rings is 1. The number of nitrogens with one attached hydrogen (secondary N) is 1. The maximum atomic E-state index is 13.2. The monoisotopic (exact) mass is 523 g/mol. The first-order chi connectivity index (χ1) is 17.2. The second-order valence-electron chi connectivity index (χ2n) is 8.76. The minimum absolute atomic E-state index is 0.0179. The fourth-order valence-corrected chi connectivity index (χ4v) is 5.74. The molecule has 0 aliphatic carbocycles. The van der Waals surface area contributed by atoms with E-state index in [1.807, 2.05) is 61.2 Å². The molecule has 0 saturated carbocycles. The summed E-state index contributed by atoms with van der Waals surface area (Å²) in [6.45, 7) is 5.67. The van der Waals surface area contributed by atoms with E-state index in [-0.39, 0.29) is 17.7 Å². The minimum atomic E-state index is -0.209. The van der Waals surface area contributed by atoms with Gasteiger partial charge < -0.3 is 14.7 Å². The number of hydrogen-bond donors (Lipinski definition) is 1. The van der Waals surface area contributed by atoms with Crippen LogP contribution in [0.1, 0.15) is 33.2 Å². The number of hydrogen-bond acceptors (Lipinski definition) is 7. The van der Waals surface area contributed by atoms with E-state index >= 15 is 0 Å². The van der Waals surface area contributed by atoms with Crippen LogP contribution in [0.2, 0.25) is 0 Å². The molecule has 0 radical (unpaired) electrons. The molecule has 0 unspecified atom stereocenters. The zero-order valence-corrected chi connectivity index (χ0v) is 22.4. The van der Waals surface area contributed by atoms with Crippen LogP contribution in [0.3, 0.4) is 0 Å². The number of piperazine rings is 1. The lowest BCUT2D eigenvalue weighted by Gasteiger charge is -2.34. The summed E-state index contributed by atoms with van der Waals surface area (Å²) >= 11 is 2.89. The van der Waals surface area contributed by atoms with E-state index in [1.165, 1.54) is 23.1 Å². The van der Waals surface area contributed by atoms with Gasteiger partial charge in [-0.1, -0.05) is 29.2 Å². The van der Waals surface area contributed by atoms with Gasteiger partial charge in [0, 0.05) is 68.9 Å². The van der Waals surface area contributed by atoms with Crippen molar-refractivity contribution in [3.8, 4) is 0 Å². The first kappa shape index (κ1) is 25.7. The van der Waals surface area contributed by atoms with Crippen LogP contribution in [0.5, 0.6) is 0 Å². The van der Waals surface area contributed by atoms with E-state index in [1.54, 1.807) is 30.2 Å². The Morgan fingerprint density at radius 2 is 1.67 bits per heavy atom. The van der Waals surface area contributed by atoms with Crippen molar-refractivity contribution in [3.05, 3.63) is 65.4 Å². The number of carbonyl (C=O) groups excluding carboxylic acids is 3. The van der Waals surface area contributed by atoms with E-state index in [9.17, 15) is 14.4 Å². The zero-order valence-electron chi connectivity index (χ0n) is 20.8. The van der Waals surface area contributed by atoms with Crippen molar-refractivity contribution in [2.24, 2.45) is 0 Å². The SMILES string of the molecule is CC(=O)N1CCN(C(=O)c2cc(Sc3cnc(NC(=O)c4ccc(N(C)C)cc4)s3)ccc2C)CC1. The van der Waals surface area contributed by atoms with Gasteiger partial charge in [-0.05, 0) is 48.9 Å². The van der Waals surface area contributed by atoms with Gasteiger partial charge in [-0.3, -0.25) is 19.7 Å². The molecule has 4 rings (SSSR count). The Bertz CT molecular complexity index is 1260. The summed E-state index contributed by atoms with van der Waals surface area (Å²) in [5, 5.41) is 3.38. The molecule has 10 heteroatoms. The Morgan fingerprint density at radius 1 is 1.00 bits per heavy atom. The Balaban J connectivity index is 1.40. The predicted octanol–water partition coefficient (Wildman–Crippen LogP) is 4.23. The molecule has 188 valence electrons. The standard InChI is InChI=1S/C26H29N5O3S2/c1-17-5-10-21(15-22(17)25(34)31-13-11-30(12-14-31)18(2)32)35-23-16-27-26(36-23)28-24(33)19-6-8-20(9-7-19)29(3)4/h5-10,15-16H,11-14H2,1-4H3,(H,27,28,33). The Hall–Kier alpha value is -3.37. The van der Waals surface area contributed by atoms with Gasteiger partial charge in [0.05, 0.1) is 10.4 Å². The summed E-state index contributed by atoms with van der Waals surface area (Å²) in [4.78, 5) is 48.2. The lowest BCUT2D eigenvalue weighted by Crippen LogP contribution is -2.50. The molecule has 2 heterocycles. The van der Waals surface area contributed by atoms with Crippen molar-refractivity contribution in [1.82, 2.24) is 14.8 Å². The highest BCUT2D eigenvalue weighted by molar-refractivity contribution is 8.01. The second-order valence-corrected chi connectivity index (χ2v) is 11.2. The summed E-state index contributed by atoms with van der Waals surface area (Å²) in [5.41, 5.74) is 3.16. The molecule has 3 aromatic rings. The molecular formula is C26H29N5O3S2. The number of nitrogens with zero attached hydrogens (tertiary/aromatic N) is 4. The first-order valence-electron chi connectivity index (χ1n) is 11.6. The number of benzene rings is 2. The molecular weight excluding hydrogens is 494 g/mol. The van der Waals surface area contributed by atoms with Crippen molar-refractivity contribution >= 4 is 51.6 Å². The van der Waals surface area contributed by atoms with Crippen molar-refractivity contribution in [2.75, 3.05) is 50.5 Å². The molecule has 2 aromatic carbocycles. The number of anilines is 2. The third-order valence-corrected chi connectivity index (χ3v) is 8.02. The normalized spacial score (nSPS) is 13.4. The number of carbonyl (C=O) groups is 3. The molecule has 1 aliphatic heterocycles. The quantitative estimate of drug-likeness (QED) is 0.521. The lowest BCUT2D eigenvalue weighted by atomic mass is 10.1. The summed E-state index contributed by atoms with van der Waals surface area (Å²) in [6, 6.07) is 13.2.